The van der Waals surface area contributed by atoms with Crippen molar-refractivity contribution in [3.8, 4) is 0 Å². The van der Waals surface area contributed by atoms with Gasteiger partial charge in [-0.3, -0.25) is 10.1 Å². The molecular weight excluding hydrogens is 458 g/mol. The van der Waals surface area contributed by atoms with E-state index in [1.54, 1.807) is 6.07 Å². The van der Waals surface area contributed by atoms with E-state index in [0.29, 0.717) is 16.0 Å². The molecule has 0 saturated heterocycles. The number of anilines is 1. The zero-order valence-corrected chi connectivity index (χ0v) is 14.6. The van der Waals surface area contributed by atoms with Crippen molar-refractivity contribution in [2.75, 3.05) is 5.32 Å². The highest BCUT2D eigenvalue weighted by molar-refractivity contribution is 14.1. The van der Waals surface area contributed by atoms with Crippen LogP contribution in [0.1, 0.15) is 5.56 Å². The summed E-state index contributed by atoms with van der Waals surface area (Å²) in [6.45, 7) is 0.459. The van der Waals surface area contributed by atoms with Gasteiger partial charge in [-0.15, -0.1) is 0 Å². The molecule has 0 unspecified atom stereocenters. The van der Waals surface area contributed by atoms with Crippen molar-refractivity contribution >= 4 is 61.5 Å². The Morgan fingerprint density at radius 2 is 2.05 bits per heavy atom. The van der Waals surface area contributed by atoms with Gasteiger partial charge in [0.25, 0.3) is 5.69 Å². The quantitative estimate of drug-likeness (QED) is 0.381. The van der Waals surface area contributed by atoms with Gasteiger partial charge in [-0.25, -0.2) is 0 Å². The van der Waals surface area contributed by atoms with E-state index in [9.17, 15) is 10.1 Å². The molecule has 0 fully saturated rings. The fraction of sp³-hybridized carbons (Fsp3) is 0.0769. The van der Waals surface area contributed by atoms with Crippen molar-refractivity contribution in [1.82, 2.24) is 0 Å². The van der Waals surface area contributed by atoms with E-state index >= 15 is 0 Å². The van der Waals surface area contributed by atoms with Crippen molar-refractivity contribution in [1.29, 1.82) is 0 Å². The van der Waals surface area contributed by atoms with Gasteiger partial charge in [0.05, 0.1) is 15.6 Å². The highest BCUT2D eigenvalue weighted by Crippen LogP contribution is 2.26. The van der Waals surface area contributed by atoms with Crippen LogP contribution in [0.15, 0.2) is 40.9 Å². The Morgan fingerprint density at radius 3 is 2.70 bits per heavy atom. The van der Waals surface area contributed by atoms with Crippen molar-refractivity contribution in [2.24, 2.45) is 0 Å². The molecule has 2 aromatic rings. The maximum Gasteiger partial charge on any atom is 0.270 e. The molecule has 0 heterocycles. The van der Waals surface area contributed by atoms with Crippen LogP contribution in [0.4, 0.5) is 11.4 Å². The lowest BCUT2D eigenvalue weighted by atomic mass is 10.2. The van der Waals surface area contributed by atoms with Crippen LogP contribution in [0.25, 0.3) is 0 Å². The summed E-state index contributed by atoms with van der Waals surface area (Å²) in [6, 6.07) is 10.5. The first-order valence-corrected chi connectivity index (χ1v) is 7.83. The van der Waals surface area contributed by atoms with Gasteiger partial charge in [-0.2, -0.15) is 0 Å². The Balaban J connectivity index is 2.16. The van der Waals surface area contributed by atoms with E-state index < -0.39 is 4.92 Å². The minimum atomic E-state index is -0.411. The summed E-state index contributed by atoms with van der Waals surface area (Å²) in [7, 11) is 0. The second kappa shape index (κ2) is 6.73. The number of nitro benzene ring substituents is 1. The largest absolute Gasteiger partial charge is 0.380 e. The van der Waals surface area contributed by atoms with Gasteiger partial charge in [-0.1, -0.05) is 27.5 Å². The number of halogens is 3. The molecule has 0 atom stereocenters. The van der Waals surface area contributed by atoms with Gasteiger partial charge in [0.15, 0.2) is 0 Å². The average Bonchev–Trinajstić information content (AvgIpc) is 2.37. The van der Waals surface area contributed by atoms with Crippen LogP contribution in [-0.2, 0) is 6.54 Å². The number of hydrogen-bond donors (Lipinski definition) is 1. The Hall–Kier alpha value is -0.860. The van der Waals surface area contributed by atoms with Gasteiger partial charge >= 0.3 is 0 Å². The molecule has 0 aromatic heterocycles. The van der Waals surface area contributed by atoms with Gasteiger partial charge in [0.1, 0.15) is 0 Å². The van der Waals surface area contributed by atoms with Crippen LogP contribution in [0, 0.1) is 13.7 Å². The molecular formula is C13H9BrClIN2O2. The summed E-state index contributed by atoms with van der Waals surface area (Å²) in [4.78, 5) is 10.4. The van der Waals surface area contributed by atoms with E-state index in [4.69, 9.17) is 11.6 Å². The first-order chi connectivity index (χ1) is 9.45. The predicted octanol–water partition coefficient (Wildman–Crippen LogP) is 5.23. The third-order valence-electron chi connectivity index (χ3n) is 2.57. The number of nitrogens with one attached hydrogen (secondary N) is 1. The molecule has 2 rings (SSSR count). The van der Waals surface area contributed by atoms with Gasteiger partial charge < -0.3 is 5.32 Å². The Bertz CT molecular complexity index is 667. The van der Waals surface area contributed by atoms with Crippen LogP contribution in [0.3, 0.4) is 0 Å². The second-order valence-electron chi connectivity index (χ2n) is 4.05. The van der Waals surface area contributed by atoms with Crippen molar-refractivity contribution in [3.05, 3.63) is 65.1 Å². The highest BCUT2D eigenvalue weighted by atomic mass is 127. The third kappa shape index (κ3) is 4.07. The molecule has 2 aromatic carbocycles. The Kier molecular flexibility index (Phi) is 5.22. The number of nitro groups is 1. The average molecular weight is 467 g/mol. The zero-order valence-electron chi connectivity index (χ0n) is 10.1. The lowest BCUT2D eigenvalue weighted by molar-refractivity contribution is -0.385. The number of nitrogens with zero attached hydrogens (tertiary/aromatic N) is 1. The molecule has 0 radical (unpaired) electrons. The summed E-state index contributed by atoms with van der Waals surface area (Å²) < 4.78 is 1.73. The minimum absolute atomic E-state index is 0.0601. The molecule has 0 aliphatic carbocycles. The van der Waals surface area contributed by atoms with Gasteiger partial charge in [-0.05, 0) is 52.4 Å². The number of benzene rings is 2. The van der Waals surface area contributed by atoms with E-state index in [0.717, 1.165) is 14.8 Å². The summed E-state index contributed by atoms with van der Waals surface area (Å²) >= 11 is 11.6. The number of rotatable bonds is 4. The molecule has 7 heteroatoms. The molecule has 0 aliphatic rings. The summed E-state index contributed by atoms with van der Waals surface area (Å²) in [5, 5.41) is 14.6. The first kappa shape index (κ1) is 15.5. The minimum Gasteiger partial charge on any atom is -0.380 e. The predicted molar refractivity (Wildman–Crippen MR) is 92.3 cm³/mol. The summed E-state index contributed by atoms with van der Waals surface area (Å²) in [5.74, 6) is 0. The topological polar surface area (TPSA) is 55.2 Å². The molecule has 0 saturated carbocycles. The Labute approximate surface area is 142 Å². The maximum atomic E-state index is 10.8. The molecule has 1 N–H and O–H groups in total. The van der Waals surface area contributed by atoms with E-state index in [1.807, 2.05) is 24.3 Å². The van der Waals surface area contributed by atoms with Gasteiger partial charge in [0.2, 0.25) is 0 Å². The van der Waals surface area contributed by atoms with Gasteiger partial charge in [0, 0.05) is 26.7 Å². The maximum absolute atomic E-state index is 10.8. The summed E-state index contributed by atoms with van der Waals surface area (Å²) in [6.07, 6.45) is 0. The molecule has 104 valence electrons. The fourth-order valence-electron chi connectivity index (χ4n) is 1.67. The SMILES string of the molecule is O=[N+]([O-])c1cc(Br)cc(CNc2ccc(I)cc2Cl)c1. The monoisotopic (exact) mass is 466 g/mol. The molecule has 0 bridgehead atoms. The molecule has 0 amide bonds. The molecule has 0 spiro atoms. The van der Waals surface area contributed by atoms with Crippen LogP contribution in [-0.4, -0.2) is 4.92 Å². The number of non-ortho nitro benzene ring substituents is 1. The first-order valence-electron chi connectivity index (χ1n) is 5.58. The standard InChI is InChI=1S/C13H9BrClIN2O2/c14-9-3-8(4-11(5-9)18(19)20)7-17-13-2-1-10(16)6-12(13)15/h1-6,17H,7H2. The molecule has 4 nitrogen and oxygen atoms in total. The lowest BCUT2D eigenvalue weighted by Crippen LogP contribution is -2.01. The second-order valence-corrected chi connectivity index (χ2v) is 6.62. The van der Waals surface area contributed by atoms with E-state index in [1.165, 1.54) is 6.07 Å². The number of hydrogen-bond acceptors (Lipinski definition) is 3. The van der Waals surface area contributed by atoms with Crippen molar-refractivity contribution < 1.29 is 4.92 Å². The smallest absolute Gasteiger partial charge is 0.270 e. The molecule has 0 aliphatic heterocycles. The van der Waals surface area contributed by atoms with E-state index in [-0.39, 0.29) is 5.69 Å². The van der Waals surface area contributed by atoms with Crippen LogP contribution < -0.4 is 5.32 Å². The van der Waals surface area contributed by atoms with E-state index in [2.05, 4.69) is 43.8 Å². The van der Waals surface area contributed by atoms with Crippen LogP contribution >= 0.6 is 50.1 Å². The third-order valence-corrected chi connectivity index (χ3v) is 4.01. The molecule has 20 heavy (non-hydrogen) atoms. The van der Waals surface area contributed by atoms with Crippen LogP contribution in [0.5, 0.6) is 0 Å². The summed E-state index contributed by atoms with van der Waals surface area (Å²) in [5.41, 5.74) is 1.67. The van der Waals surface area contributed by atoms with Crippen molar-refractivity contribution in [3.63, 3.8) is 0 Å². The normalized spacial score (nSPS) is 10.3. The zero-order chi connectivity index (χ0) is 14.7. The van der Waals surface area contributed by atoms with Crippen molar-refractivity contribution in [2.45, 2.75) is 6.54 Å². The fourth-order valence-corrected chi connectivity index (χ4v) is 3.12. The van der Waals surface area contributed by atoms with Crippen LogP contribution in [0.2, 0.25) is 5.02 Å². The lowest BCUT2D eigenvalue weighted by Gasteiger charge is -2.09. The Morgan fingerprint density at radius 1 is 1.30 bits per heavy atom. The highest BCUT2D eigenvalue weighted by Gasteiger charge is 2.09.